The van der Waals surface area contributed by atoms with Crippen molar-refractivity contribution in [3.63, 3.8) is 0 Å². The smallest absolute Gasteiger partial charge is 0.192 e. The monoisotopic (exact) mass is 398 g/mol. The second-order valence-electron chi connectivity index (χ2n) is 8.52. The average Bonchev–Trinajstić information content (AvgIpc) is 2.77. The van der Waals surface area contributed by atoms with E-state index in [1.54, 1.807) is 0 Å². The van der Waals surface area contributed by atoms with Crippen LogP contribution in [-0.2, 0) is 6.42 Å². The van der Waals surface area contributed by atoms with Gasteiger partial charge in [-0.15, -0.1) is 0 Å². The SMILES string of the molecule is Cc1ccc(Cc2cc3c(=O)c(C4CCCCC4O)c[nH]c3c3ccccc23)cn1. The second kappa shape index (κ2) is 7.69. The lowest BCUT2D eigenvalue weighted by molar-refractivity contribution is 0.106. The summed E-state index contributed by atoms with van der Waals surface area (Å²) in [6, 6.07) is 14.4. The van der Waals surface area contributed by atoms with Crippen LogP contribution in [0.5, 0.6) is 0 Å². The summed E-state index contributed by atoms with van der Waals surface area (Å²) in [6.45, 7) is 1.98. The van der Waals surface area contributed by atoms with E-state index in [2.05, 4.69) is 28.2 Å². The predicted octanol–water partition coefficient (Wildman–Crippen LogP) is 4.99. The maximum atomic E-state index is 13.5. The lowest BCUT2D eigenvalue weighted by Crippen LogP contribution is -2.27. The van der Waals surface area contributed by atoms with Crippen molar-refractivity contribution in [1.82, 2.24) is 9.97 Å². The Labute approximate surface area is 175 Å². The Kier molecular flexibility index (Phi) is 4.87. The van der Waals surface area contributed by atoms with Gasteiger partial charge < -0.3 is 10.1 Å². The second-order valence-corrected chi connectivity index (χ2v) is 8.52. The number of hydrogen-bond donors (Lipinski definition) is 2. The third-order valence-electron chi connectivity index (χ3n) is 6.51. The largest absolute Gasteiger partial charge is 0.392 e. The molecule has 2 atom stereocenters. The minimum atomic E-state index is -0.434. The number of H-pyrrole nitrogens is 1. The van der Waals surface area contributed by atoms with Crippen molar-refractivity contribution in [2.24, 2.45) is 0 Å². The maximum absolute atomic E-state index is 13.5. The highest BCUT2D eigenvalue weighted by Crippen LogP contribution is 2.33. The molecule has 4 heteroatoms. The van der Waals surface area contributed by atoms with E-state index in [1.807, 2.05) is 43.6 Å². The minimum absolute atomic E-state index is 0.0451. The number of nitrogens with one attached hydrogen (secondary N) is 1. The number of nitrogens with zero attached hydrogens (tertiary/aromatic N) is 1. The van der Waals surface area contributed by atoms with Crippen molar-refractivity contribution >= 4 is 21.7 Å². The first kappa shape index (κ1) is 19.0. The number of pyridine rings is 2. The highest BCUT2D eigenvalue weighted by Gasteiger charge is 2.27. The van der Waals surface area contributed by atoms with Crippen molar-refractivity contribution in [3.05, 3.63) is 87.5 Å². The first-order valence-corrected chi connectivity index (χ1v) is 10.8. The Morgan fingerprint density at radius 3 is 2.63 bits per heavy atom. The predicted molar refractivity (Wildman–Crippen MR) is 121 cm³/mol. The Morgan fingerprint density at radius 2 is 1.87 bits per heavy atom. The summed E-state index contributed by atoms with van der Waals surface area (Å²) in [5.74, 6) is -0.0804. The number of aromatic amines is 1. The third-order valence-corrected chi connectivity index (χ3v) is 6.51. The van der Waals surface area contributed by atoms with Gasteiger partial charge in [0, 0.05) is 40.3 Å². The normalized spacial score (nSPS) is 19.4. The molecule has 152 valence electrons. The van der Waals surface area contributed by atoms with Crippen LogP contribution < -0.4 is 5.43 Å². The van der Waals surface area contributed by atoms with Crippen LogP contribution in [0.2, 0.25) is 0 Å². The average molecular weight is 399 g/mol. The number of rotatable bonds is 3. The van der Waals surface area contributed by atoms with Crippen LogP contribution in [-0.4, -0.2) is 21.2 Å². The summed E-state index contributed by atoms with van der Waals surface area (Å²) in [7, 11) is 0. The highest BCUT2D eigenvalue weighted by molar-refractivity contribution is 6.07. The molecule has 1 fully saturated rings. The quantitative estimate of drug-likeness (QED) is 0.478. The molecule has 4 aromatic rings. The molecule has 2 heterocycles. The fourth-order valence-electron chi connectivity index (χ4n) is 4.87. The van der Waals surface area contributed by atoms with Gasteiger partial charge in [-0.3, -0.25) is 9.78 Å². The first-order valence-electron chi connectivity index (χ1n) is 10.8. The van der Waals surface area contributed by atoms with Gasteiger partial charge in [0.05, 0.1) is 11.6 Å². The van der Waals surface area contributed by atoms with Crippen molar-refractivity contribution in [2.75, 3.05) is 0 Å². The Hall–Kier alpha value is -2.98. The van der Waals surface area contributed by atoms with Gasteiger partial charge in [-0.05, 0) is 54.8 Å². The molecule has 5 rings (SSSR count). The summed E-state index contributed by atoms with van der Waals surface area (Å²) >= 11 is 0. The van der Waals surface area contributed by atoms with Crippen LogP contribution >= 0.6 is 0 Å². The third kappa shape index (κ3) is 3.31. The molecule has 2 aromatic carbocycles. The highest BCUT2D eigenvalue weighted by atomic mass is 16.3. The number of benzene rings is 2. The van der Waals surface area contributed by atoms with Gasteiger partial charge in [-0.1, -0.05) is 43.2 Å². The summed E-state index contributed by atoms with van der Waals surface area (Å²) in [4.78, 5) is 21.3. The number of hydrogen-bond acceptors (Lipinski definition) is 3. The van der Waals surface area contributed by atoms with Crippen LogP contribution in [0.3, 0.4) is 0 Å². The van der Waals surface area contributed by atoms with Crippen LogP contribution in [0.1, 0.15) is 54.0 Å². The lowest BCUT2D eigenvalue weighted by atomic mass is 9.81. The Balaban J connectivity index is 1.70. The van der Waals surface area contributed by atoms with Crippen LogP contribution in [0.25, 0.3) is 21.7 Å². The van der Waals surface area contributed by atoms with Gasteiger partial charge in [0.25, 0.3) is 0 Å². The molecule has 1 aliphatic carbocycles. The minimum Gasteiger partial charge on any atom is -0.392 e. The van der Waals surface area contributed by atoms with Crippen LogP contribution in [0.4, 0.5) is 0 Å². The molecule has 0 spiro atoms. The number of fused-ring (bicyclic) bond motifs is 3. The molecule has 4 nitrogen and oxygen atoms in total. The van der Waals surface area contributed by atoms with Gasteiger partial charge in [0.1, 0.15) is 0 Å². The summed E-state index contributed by atoms with van der Waals surface area (Å²) in [6.07, 6.45) is 7.75. The molecular formula is C26H26N2O2. The molecule has 1 saturated carbocycles. The van der Waals surface area contributed by atoms with Gasteiger partial charge in [-0.25, -0.2) is 0 Å². The van der Waals surface area contributed by atoms with Gasteiger partial charge in [0.2, 0.25) is 0 Å². The van der Waals surface area contributed by atoms with E-state index in [0.29, 0.717) is 10.9 Å². The number of aromatic nitrogens is 2. The first-order chi connectivity index (χ1) is 14.6. The lowest BCUT2D eigenvalue weighted by Gasteiger charge is -2.27. The molecule has 30 heavy (non-hydrogen) atoms. The van der Waals surface area contributed by atoms with Crippen molar-refractivity contribution in [1.29, 1.82) is 0 Å². The molecule has 2 unspecified atom stereocenters. The molecule has 0 amide bonds. The number of aryl methyl sites for hydroxylation is 1. The van der Waals surface area contributed by atoms with Gasteiger partial charge >= 0.3 is 0 Å². The summed E-state index contributed by atoms with van der Waals surface area (Å²) < 4.78 is 0. The molecule has 0 radical (unpaired) electrons. The van der Waals surface area contributed by atoms with Crippen molar-refractivity contribution < 1.29 is 5.11 Å². The standard InChI is InChI=1S/C26H26N2O2/c1-16-10-11-17(14-27-16)12-18-13-22-25(21-8-3-2-6-19(18)21)28-15-23(26(22)30)20-7-4-5-9-24(20)29/h2-3,6,8,10-11,13-15,20,24,29H,4-5,7,9,12H2,1H3,(H,28,30). The molecule has 1 aliphatic rings. The van der Waals surface area contributed by atoms with E-state index in [0.717, 1.165) is 65.2 Å². The van der Waals surface area contributed by atoms with Crippen LogP contribution in [0, 0.1) is 6.92 Å². The van der Waals surface area contributed by atoms with E-state index >= 15 is 0 Å². The van der Waals surface area contributed by atoms with E-state index in [1.165, 1.54) is 0 Å². The zero-order valence-electron chi connectivity index (χ0n) is 17.2. The summed E-state index contributed by atoms with van der Waals surface area (Å²) in [5.41, 5.74) is 4.87. The molecular weight excluding hydrogens is 372 g/mol. The van der Waals surface area contributed by atoms with E-state index < -0.39 is 6.10 Å². The molecule has 0 aliphatic heterocycles. The Bertz CT molecular complexity index is 1270. The zero-order valence-corrected chi connectivity index (χ0v) is 17.2. The van der Waals surface area contributed by atoms with Crippen molar-refractivity contribution in [2.45, 2.75) is 51.0 Å². The molecule has 2 aromatic heterocycles. The van der Waals surface area contributed by atoms with Gasteiger partial charge in [-0.2, -0.15) is 0 Å². The van der Waals surface area contributed by atoms with E-state index in [9.17, 15) is 9.90 Å². The van der Waals surface area contributed by atoms with Gasteiger partial charge in [0.15, 0.2) is 5.43 Å². The molecule has 0 saturated heterocycles. The van der Waals surface area contributed by atoms with Crippen molar-refractivity contribution in [3.8, 4) is 0 Å². The van der Waals surface area contributed by atoms with E-state index in [4.69, 9.17) is 0 Å². The topological polar surface area (TPSA) is 66.0 Å². The van der Waals surface area contributed by atoms with E-state index in [-0.39, 0.29) is 11.3 Å². The summed E-state index contributed by atoms with van der Waals surface area (Å²) in [5, 5.41) is 13.4. The molecule has 0 bridgehead atoms. The maximum Gasteiger partial charge on any atom is 0.192 e. The fourth-order valence-corrected chi connectivity index (χ4v) is 4.87. The number of aliphatic hydroxyl groups is 1. The molecule has 2 N–H and O–H groups in total. The fraction of sp³-hybridized carbons (Fsp3) is 0.308. The Morgan fingerprint density at radius 1 is 1.07 bits per heavy atom. The number of aliphatic hydroxyl groups excluding tert-OH is 1. The van der Waals surface area contributed by atoms with Crippen LogP contribution in [0.15, 0.2) is 59.7 Å². The zero-order chi connectivity index (χ0) is 20.7.